The fourth-order valence-corrected chi connectivity index (χ4v) is 4.47. The van der Waals surface area contributed by atoms with E-state index in [2.05, 4.69) is 28.2 Å². The standard InChI is InChI=1S/C24H19N5O3/c1-14-24-23(21-11-25-13-32-21)26-12-28(24)19-9-8-16(15-6-7-15)10-18(19)22(27-14)17-4-2-3-5-20(17)29(30)31/h2-5,8-15H,6-7H2,1H3/t14-/m0/s1. The molecule has 0 radical (unpaired) electrons. The van der Waals surface area contributed by atoms with Gasteiger partial charge in [0, 0.05) is 11.6 Å². The van der Waals surface area contributed by atoms with Gasteiger partial charge in [-0.3, -0.25) is 19.7 Å². The zero-order valence-corrected chi connectivity index (χ0v) is 17.3. The first-order chi connectivity index (χ1) is 15.6. The molecule has 0 saturated heterocycles. The van der Waals surface area contributed by atoms with Crippen LogP contribution in [0, 0.1) is 10.1 Å². The van der Waals surface area contributed by atoms with Crippen molar-refractivity contribution in [2.45, 2.75) is 31.7 Å². The van der Waals surface area contributed by atoms with Gasteiger partial charge in [-0.05, 0) is 49.4 Å². The van der Waals surface area contributed by atoms with Crippen molar-refractivity contribution < 1.29 is 9.34 Å². The molecule has 1 aliphatic heterocycles. The molecule has 0 amide bonds. The lowest BCUT2D eigenvalue weighted by atomic mass is 9.96. The van der Waals surface area contributed by atoms with E-state index in [1.165, 1.54) is 30.9 Å². The number of hydrogen-bond donors (Lipinski definition) is 0. The van der Waals surface area contributed by atoms with Crippen LogP contribution in [0.25, 0.3) is 17.1 Å². The molecule has 1 fully saturated rings. The van der Waals surface area contributed by atoms with Crippen molar-refractivity contribution in [1.29, 1.82) is 0 Å². The van der Waals surface area contributed by atoms with Gasteiger partial charge < -0.3 is 4.42 Å². The fourth-order valence-electron chi connectivity index (χ4n) is 4.47. The molecule has 1 saturated carbocycles. The summed E-state index contributed by atoms with van der Waals surface area (Å²) in [5.41, 5.74) is 5.70. The van der Waals surface area contributed by atoms with E-state index in [0.717, 1.165) is 16.9 Å². The van der Waals surface area contributed by atoms with Crippen molar-refractivity contribution >= 4 is 11.4 Å². The van der Waals surface area contributed by atoms with Crippen LogP contribution in [0.5, 0.6) is 0 Å². The van der Waals surface area contributed by atoms with Gasteiger partial charge in [0.05, 0.1) is 39.8 Å². The minimum absolute atomic E-state index is 0.0430. The largest absolute Gasteiger partial charge is 0.442 e. The number of para-hydroxylation sites is 1. The summed E-state index contributed by atoms with van der Waals surface area (Å²) in [5, 5.41) is 11.8. The molecule has 0 unspecified atom stereocenters. The Balaban J connectivity index is 1.64. The summed E-state index contributed by atoms with van der Waals surface area (Å²) in [6, 6.07) is 12.8. The normalized spacial score (nSPS) is 17.3. The van der Waals surface area contributed by atoms with Crippen LogP contribution < -0.4 is 0 Å². The van der Waals surface area contributed by atoms with E-state index in [1.807, 2.05) is 17.6 Å². The second kappa shape index (κ2) is 6.98. The Morgan fingerprint density at radius 2 is 2.00 bits per heavy atom. The van der Waals surface area contributed by atoms with Gasteiger partial charge in [0.15, 0.2) is 12.2 Å². The van der Waals surface area contributed by atoms with Gasteiger partial charge in [-0.1, -0.05) is 18.2 Å². The first kappa shape index (κ1) is 18.7. The van der Waals surface area contributed by atoms with Gasteiger partial charge in [-0.2, -0.15) is 0 Å². The summed E-state index contributed by atoms with van der Waals surface area (Å²) in [4.78, 5) is 25.1. The molecule has 2 aliphatic rings. The maximum absolute atomic E-state index is 11.8. The second-order valence-corrected chi connectivity index (χ2v) is 8.19. The van der Waals surface area contributed by atoms with Crippen LogP contribution in [-0.4, -0.2) is 25.2 Å². The molecule has 6 rings (SSSR count). The summed E-state index contributed by atoms with van der Waals surface area (Å²) in [5.74, 6) is 1.10. The summed E-state index contributed by atoms with van der Waals surface area (Å²) in [7, 11) is 0. The number of nitro groups is 1. The van der Waals surface area contributed by atoms with Gasteiger partial charge in [-0.25, -0.2) is 9.97 Å². The molecule has 0 bridgehead atoms. The Morgan fingerprint density at radius 1 is 1.16 bits per heavy atom. The predicted molar refractivity (Wildman–Crippen MR) is 118 cm³/mol. The average molecular weight is 425 g/mol. The molecule has 0 N–H and O–H groups in total. The maximum atomic E-state index is 11.8. The van der Waals surface area contributed by atoms with Crippen molar-refractivity contribution in [1.82, 2.24) is 14.5 Å². The first-order valence-corrected chi connectivity index (χ1v) is 10.5. The van der Waals surface area contributed by atoms with Gasteiger partial charge in [0.1, 0.15) is 12.0 Å². The van der Waals surface area contributed by atoms with E-state index in [0.29, 0.717) is 28.6 Å². The number of nitrogens with zero attached hydrogens (tertiary/aromatic N) is 5. The van der Waals surface area contributed by atoms with E-state index in [1.54, 1.807) is 24.7 Å². The summed E-state index contributed by atoms with van der Waals surface area (Å²) in [6.07, 6.45) is 7.10. The lowest BCUT2D eigenvalue weighted by Crippen LogP contribution is -2.10. The van der Waals surface area contributed by atoms with Crippen molar-refractivity contribution in [2.24, 2.45) is 4.99 Å². The third-order valence-corrected chi connectivity index (χ3v) is 6.13. The Hall–Kier alpha value is -4.07. The highest BCUT2D eigenvalue weighted by molar-refractivity contribution is 6.17. The lowest BCUT2D eigenvalue weighted by molar-refractivity contribution is -0.385. The van der Waals surface area contributed by atoms with Crippen LogP contribution in [0.2, 0.25) is 0 Å². The minimum Gasteiger partial charge on any atom is -0.442 e. The number of aliphatic imine (C=N–C) groups is 1. The molecule has 3 heterocycles. The molecule has 2 aromatic carbocycles. The van der Waals surface area contributed by atoms with E-state index in [4.69, 9.17) is 9.41 Å². The second-order valence-electron chi connectivity index (χ2n) is 8.19. The SMILES string of the molecule is C[C@@H]1N=C(c2ccccc2[N+](=O)[O-])c2cc(C3CC3)ccc2-n2cnc(-c3cnco3)c21. The monoisotopic (exact) mass is 425 g/mol. The molecule has 0 spiro atoms. The molecule has 32 heavy (non-hydrogen) atoms. The van der Waals surface area contributed by atoms with Crippen molar-refractivity contribution in [2.75, 3.05) is 0 Å². The van der Waals surface area contributed by atoms with Gasteiger partial charge in [0.25, 0.3) is 5.69 Å². The quantitative estimate of drug-likeness (QED) is 0.329. The van der Waals surface area contributed by atoms with Crippen LogP contribution in [0.4, 0.5) is 5.69 Å². The van der Waals surface area contributed by atoms with E-state index < -0.39 is 0 Å². The highest BCUT2D eigenvalue weighted by Gasteiger charge is 2.31. The number of hydrogen-bond acceptors (Lipinski definition) is 6. The summed E-state index contributed by atoms with van der Waals surface area (Å²) >= 11 is 0. The van der Waals surface area contributed by atoms with Crippen LogP contribution >= 0.6 is 0 Å². The molecule has 8 nitrogen and oxygen atoms in total. The molecule has 1 aliphatic carbocycles. The van der Waals surface area contributed by atoms with Crippen molar-refractivity contribution in [3.05, 3.63) is 93.9 Å². The Bertz CT molecular complexity index is 1380. The predicted octanol–water partition coefficient (Wildman–Crippen LogP) is 5.22. The van der Waals surface area contributed by atoms with Gasteiger partial charge in [-0.15, -0.1) is 0 Å². The first-order valence-electron chi connectivity index (χ1n) is 10.5. The summed E-state index contributed by atoms with van der Waals surface area (Å²) in [6.45, 7) is 1.97. The summed E-state index contributed by atoms with van der Waals surface area (Å²) < 4.78 is 7.53. The number of fused-ring (bicyclic) bond motifs is 3. The molecule has 158 valence electrons. The Morgan fingerprint density at radius 3 is 2.75 bits per heavy atom. The molecule has 4 aromatic rings. The molecule has 1 atom stereocenters. The molecular formula is C24H19N5O3. The van der Waals surface area contributed by atoms with Crippen LogP contribution in [-0.2, 0) is 0 Å². The van der Waals surface area contributed by atoms with Crippen LogP contribution in [0.15, 0.2) is 70.8 Å². The fraction of sp³-hybridized carbons (Fsp3) is 0.208. The number of imidazole rings is 1. The van der Waals surface area contributed by atoms with Gasteiger partial charge in [0.2, 0.25) is 0 Å². The van der Waals surface area contributed by atoms with Crippen LogP contribution in [0.1, 0.15) is 54.1 Å². The zero-order chi connectivity index (χ0) is 21.8. The zero-order valence-electron chi connectivity index (χ0n) is 17.3. The van der Waals surface area contributed by atoms with E-state index >= 15 is 0 Å². The van der Waals surface area contributed by atoms with Crippen molar-refractivity contribution in [3.8, 4) is 17.1 Å². The Labute approximate surface area is 183 Å². The smallest absolute Gasteiger partial charge is 0.278 e. The topological polar surface area (TPSA) is 99.3 Å². The minimum atomic E-state index is -0.348. The third kappa shape index (κ3) is 2.87. The number of benzene rings is 2. The number of rotatable bonds is 4. The molecule has 8 heteroatoms. The third-order valence-electron chi connectivity index (χ3n) is 6.13. The average Bonchev–Trinajstić information content (AvgIpc) is 3.36. The molecule has 2 aromatic heterocycles. The maximum Gasteiger partial charge on any atom is 0.278 e. The van der Waals surface area contributed by atoms with Crippen LogP contribution in [0.3, 0.4) is 0 Å². The van der Waals surface area contributed by atoms with Gasteiger partial charge >= 0.3 is 0 Å². The highest BCUT2D eigenvalue weighted by atomic mass is 16.6. The number of nitro benzene ring substituents is 1. The number of aromatic nitrogens is 3. The highest BCUT2D eigenvalue weighted by Crippen LogP contribution is 2.43. The number of oxazole rings is 1. The lowest BCUT2D eigenvalue weighted by Gasteiger charge is -2.14. The molecular weight excluding hydrogens is 406 g/mol. The van der Waals surface area contributed by atoms with Crippen molar-refractivity contribution in [3.63, 3.8) is 0 Å². The Kier molecular flexibility index (Phi) is 4.07. The van der Waals surface area contributed by atoms with E-state index in [-0.39, 0.29) is 16.7 Å². The van der Waals surface area contributed by atoms with E-state index in [9.17, 15) is 10.1 Å².